The van der Waals surface area contributed by atoms with Crippen LogP contribution in [0.1, 0.15) is 42.6 Å². The van der Waals surface area contributed by atoms with Crippen molar-refractivity contribution in [2.45, 2.75) is 32.1 Å². The van der Waals surface area contributed by atoms with Crippen LogP contribution in [0.15, 0.2) is 21.7 Å². The third-order valence-electron chi connectivity index (χ3n) is 5.12. The van der Waals surface area contributed by atoms with Gasteiger partial charge in [-0.25, -0.2) is 9.78 Å². The molecular formula is C18H24N4O3. The summed E-state index contributed by atoms with van der Waals surface area (Å²) in [6.45, 7) is 0.716. The highest BCUT2D eigenvalue weighted by Crippen LogP contribution is 2.24. The number of hydrogen-bond acceptors (Lipinski definition) is 4. The van der Waals surface area contributed by atoms with Gasteiger partial charge in [-0.15, -0.1) is 0 Å². The average Bonchev–Trinajstić information content (AvgIpc) is 2.64. The van der Waals surface area contributed by atoms with E-state index in [-0.39, 0.29) is 17.2 Å². The zero-order chi connectivity index (χ0) is 18.1. The van der Waals surface area contributed by atoms with Gasteiger partial charge in [0.2, 0.25) is 0 Å². The number of nitrogens with zero attached hydrogens (tertiary/aromatic N) is 4. The lowest BCUT2D eigenvalue weighted by Gasteiger charge is -2.26. The molecule has 0 radical (unpaired) electrons. The van der Waals surface area contributed by atoms with Crippen molar-refractivity contribution in [3.63, 3.8) is 0 Å². The van der Waals surface area contributed by atoms with Gasteiger partial charge >= 0.3 is 5.69 Å². The summed E-state index contributed by atoms with van der Waals surface area (Å²) < 4.78 is 2.34. The predicted molar refractivity (Wildman–Crippen MR) is 95.8 cm³/mol. The lowest BCUT2D eigenvalue weighted by atomic mass is 9.89. The molecule has 7 heteroatoms. The maximum atomic E-state index is 12.7. The first-order valence-electron chi connectivity index (χ1n) is 8.72. The van der Waals surface area contributed by atoms with Crippen LogP contribution < -0.4 is 11.2 Å². The van der Waals surface area contributed by atoms with Crippen LogP contribution in [0.5, 0.6) is 0 Å². The second-order valence-corrected chi connectivity index (χ2v) is 6.96. The van der Waals surface area contributed by atoms with E-state index in [1.165, 1.54) is 30.9 Å². The summed E-state index contributed by atoms with van der Waals surface area (Å²) in [6, 6.07) is 3.14. The second kappa shape index (κ2) is 6.82. The Kier molecular flexibility index (Phi) is 4.74. The van der Waals surface area contributed by atoms with Crippen molar-refractivity contribution < 1.29 is 4.79 Å². The average molecular weight is 344 g/mol. The molecule has 0 spiro atoms. The summed E-state index contributed by atoms with van der Waals surface area (Å²) in [5.41, 5.74) is -0.357. The molecule has 0 unspecified atom stereocenters. The quantitative estimate of drug-likeness (QED) is 0.840. The molecule has 0 atom stereocenters. The first-order chi connectivity index (χ1) is 11.9. The topological polar surface area (TPSA) is 77.2 Å². The first-order valence-corrected chi connectivity index (χ1v) is 8.72. The SMILES string of the molecule is CN(CC1CCCCC1)C(=O)c1ccc2c(=O)n(C)c(=O)n(C)c2n1. The van der Waals surface area contributed by atoms with Crippen molar-refractivity contribution in [2.75, 3.05) is 13.6 Å². The lowest BCUT2D eigenvalue weighted by Crippen LogP contribution is -2.38. The van der Waals surface area contributed by atoms with Gasteiger partial charge in [0.05, 0.1) is 5.39 Å². The van der Waals surface area contributed by atoms with Gasteiger partial charge in [0.15, 0.2) is 0 Å². The standard InChI is InChI=1S/C18H24N4O3/c1-20(11-12-7-5-4-6-8-12)17(24)14-10-9-13-15(19-14)21(2)18(25)22(3)16(13)23/h9-10,12H,4-8,11H2,1-3H3. The highest BCUT2D eigenvalue weighted by molar-refractivity contribution is 5.94. The molecule has 1 amide bonds. The fourth-order valence-electron chi connectivity index (χ4n) is 3.61. The molecule has 1 saturated carbocycles. The minimum Gasteiger partial charge on any atom is -0.340 e. The van der Waals surface area contributed by atoms with Gasteiger partial charge in [0.25, 0.3) is 11.5 Å². The maximum Gasteiger partial charge on any atom is 0.332 e. The molecular weight excluding hydrogens is 320 g/mol. The van der Waals surface area contributed by atoms with Crippen LogP contribution in [0.25, 0.3) is 11.0 Å². The number of aromatic nitrogens is 3. The number of rotatable bonds is 3. The summed E-state index contributed by atoms with van der Waals surface area (Å²) in [5.74, 6) is 0.361. The Morgan fingerprint density at radius 1 is 1.16 bits per heavy atom. The van der Waals surface area contributed by atoms with Crippen molar-refractivity contribution >= 4 is 16.9 Å². The number of carbonyl (C=O) groups excluding carboxylic acids is 1. The summed E-state index contributed by atoms with van der Waals surface area (Å²) in [4.78, 5) is 43.0. The fraction of sp³-hybridized carbons (Fsp3) is 0.556. The van der Waals surface area contributed by atoms with Gasteiger partial charge in [-0.1, -0.05) is 19.3 Å². The Morgan fingerprint density at radius 3 is 2.52 bits per heavy atom. The van der Waals surface area contributed by atoms with Crippen LogP contribution in [0.3, 0.4) is 0 Å². The molecule has 0 bridgehead atoms. The smallest absolute Gasteiger partial charge is 0.332 e. The Morgan fingerprint density at radius 2 is 1.84 bits per heavy atom. The molecule has 1 aliphatic carbocycles. The summed E-state index contributed by atoms with van der Waals surface area (Å²) in [5, 5.41) is 0.330. The van der Waals surface area contributed by atoms with E-state index >= 15 is 0 Å². The van der Waals surface area contributed by atoms with Crippen LogP contribution in [-0.4, -0.2) is 38.5 Å². The van der Waals surface area contributed by atoms with Crippen LogP contribution in [0.2, 0.25) is 0 Å². The van der Waals surface area contributed by atoms with E-state index < -0.39 is 11.2 Å². The summed E-state index contributed by atoms with van der Waals surface area (Å²) >= 11 is 0. The fourth-order valence-corrected chi connectivity index (χ4v) is 3.61. The van der Waals surface area contributed by atoms with Gasteiger partial charge in [-0.3, -0.25) is 18.7 Å². The van der Waals surface area contributed by atoms with Crippen LogP contribution in [0, 0.1) is 5.92 Å². The van der Waals surface area contributed by atoms with E-state index in [1.807, 2.05) is 0 Å². The van der Waals surface area contributed by atoms with Crippen molar-refractivity contribution in [3.8, 4) is 0 Å². The summed E-state index contributed by atoms with van der Waals surface area (Å²) in [6.07, 6.45) is 6.06. The van der Waals surface area contributed by atoms with Gasteiger partial charge < -0.3 is 4.90 Å². The van der Waals surface area contributed by atoms with E-state index in [1.54, 1.807) is 31.1 Å². The molecule has 2 aromatic heterocycles. The Labute approximate surface area is 145 Å². The molecule has 3 rings (SSSR count). The van der Waals surface area contributed by atoms with Gasteiger partial charge in [-0.05, 0) is 30.9 Å². The van der Waals surface area contributed by atoms with Crippen LogP contribution in [-0.2, 0) is 14.1 Å². The van der Waals surface area contributed by atoms with E-state index in [4.69, 9.17) is 0 Å². The molecule has 0 N–H and O–H groups in total. The molecule has 25 heavy (non-hydrogen) atoms. The maximum absolute atomic E-state index is 12.7. The molecule has 1 aliphatic rings. The lowest BCUT2D eigenvalue weighted by molar-refractivity contribution is 0.0755. The van der Waals surface area contributed by atoms with Crippen LogP contribution in [0.4, 0.5) is 0 Å². The molecule has 134 valence electrons. The van der Waals surface area contributed by atoms with Crippen LogP contribution >= 0.6 is 0 Å². The van der Waals surface area contributed by atoms with Crippen molar-refractivity contribution in [1.29, 1.82) is 0 Å². The second-order valence-electron chi connectivity index (χ2n) is 6.96. The Bertz CT molecular complexity index is 922. The minimum atomic E-state index is -0.454. The number of carbonyl (C=O) groups is 1. The zero-order valence-electron chi connectivity index (χ0n) is 15.0. The molecule has 7 nitrogen and oxygen atoms in total. The number of hydrogen-bond donors (Lipinski definition) is 0. The van der Waals surface area contributed by atoms with E-state index in [2.05, 4.69) is 4.98 Å². The van der Waals surface area contributed by atoms with Crippen molar-refractivity contribution in [1.82, 2.24) is 19.0 Å². The van der Waals surface area contributed by atoms with Crippen molar-refractivity contribution in [3.05, 3.63) is 38.7 Å². The van der Waals surface area contributed by atoms with Gasteiger partial charge in [0, 0.05) is 27.7 Å². The van der Waals surface area contributed by atoms with Gasteiger partial charge in [0.1, 0.15) is 11.3 Å². The minimum absolute atomic E-state index is 0.180. The number of pyridine rings is 1. The Hall–Kier alpha value is -2.44. The van der Waals surface area contributed by atoms with E-state index in [0.29, 0.717) is 17.8 Å². The highest BCUT2D eigenvalue weighted by atomic mass is 16.2. The third-order valence-corrected chi connectivity index (χ3v) is 5.12. The molecule has 0 aromatic carbocycles. The van der Waals surface area contributed by atoms with E-state index in [0.717, 1.165) is 17.4 Å². The highest BCUT2D eigenvalue weighted by Gasteiger charge is 2.21. The normalized spacial score (nSPS) is 15.5. The van der Waals surface area contributed by atoms with Gasteiger partial charge in [-0.2, -0.15) is 0 Å². The summed E-state index contributed by atoms with van der Waals surface area (Å²) in [7, 11) is 4.77. The number of aryl methyl sites for hydroxylation is 1. The monoisotopic (exact) mass is 344 g/mol. The molecule has 2 heterocycles. The molecule has 2 aromatic rings. The van der Waals surface area contributed by atoms with Crippen molar-refractivity contribution in [2.24, 2.45) is 20.0 Å². The Balaban J connectivity index is 1.91. The largest absolute Gasteiger partial charge is 0.340 e. The van der Waals surface area contributed by atoms with E-state index in [9.17, 15) is 14.4 Å². The first kappa shape index (κ1) is 17.4. The zero-order valence-corrected chi connectivity index (χ0v) is 15.0. The molecule has 1 fully saturated rings. The predicted octanol–water partition coefficient (Wildman–Crippen LogP) is 1.28. The molecule has 0 aliphatic heterocycles. The third kappa shape index (κ3) is 3.23. The number of amides is 1. The number of fused-ring (bicyclic) bond motifs is 1. The molecule has 0 saturated heterocycles.